The number of nitrogens with zero attached hydrogens (tertiary/aromatic N) is 4. The Hall–Kier alpha value is -2.16. The molecule has 27 heavy (non-hydrogen) atoms. The molecule has 0 N–H and O–H groups in total. The number of aromatic nitrogens is 3. The largest absolute Gasteiger partial charge is 0.484 e. The second-order valence-corrected chi connectivity index (χ2v) is 7.24. The first-order valence-corrected chi connectivity index (χ1v) is 9.18. The molecule has 0 unspecified atom stereocenters. The van der Waals surface area contributed by atoms with Crippen molar-refractivity contribution < 1.29 is 19.0 Å². The number of hydrogen-bond acceptors (Lipinski definition) is 6. The maximum Gasteiger partial charge on any atom is 0.276 e. The summed E-state index contributed by atoms with van der Waals surface area (Å²) >= 11 is 6.09. The number of rotatable bonds is 3. The lowest BCUT2D eigenvalue weighted by atomic mass is 10.3. The van der Waals surface area contributed by atoms with Gasteiger partial charge in [-0.15, -0.1) is 0 Å². The van der Waals surface area contributed by atoms with Crippen LogP contribution in [0.5, 0.6) is 5.75 Å². The predicted octanol–water partition coefficient (Wildman–Crippen LogP) is 1.46. The van der Waals surface area contributed by atoms with Crippen molar-refractivity contribution in [2.75, 3.05) is 26.3 Å². The Kier molecular flexibility index (Phi) is 5.03. The van der Waals surface area contributed by atoms with E-state index in [1.807, 2.05) is 19.1 Å². The molecule has 0 saturated carbocycles. The van der Waals surface area contributed by atoms with Crippen LogP contribution in [-0.2, 0) is 16.5 Å². The molecule has 2 aliphatic heterocycles. The van der Waals surface area contributed by atoms with Crippen molar-refractivity contribution in [3.63, 3.8) is 0 Å². The van der Waals surface area contributed by atoms with E-state index in [2.05, 4.69) is 10.1 Å². The molecule has 2 fully saturated rings. The second-order valence-electron chi connectivity index (χ2n) is 6.83. The van der Waals surface area contributed by atoms with Crippen molar-refractivity contribution in [2.24, 2.45) is 7.05 Å². The fraction of sp³-hybridized carbons (Fsp3) is 0.500. The number of amides is 1. The van der Waals surface area contributed by atoms with E-state index in [4.69, 9.17) is 25.8 Å². The number of ether oxygens (including phenoxy) is 3. The zero-order valence-corrected chi connectivity index (χ0v) is 15.9. The zero-order valence-electron chi connectivity index (χ0n) is 15.2. The fourth-order valence-corrected chi connectivity index (χ4v) is 3.54. The van der Waals surface area contributed by atoms with Crippen LogP contribution in [0.3, 0.4) is 0 Å². The summed E-state index contributed by atoms with van der Waals surface area (Å²) in [5.74, 6) is 0.478. The van der Waals surface area contributed by atoms with E-state index >= 15 is 0 Å². The number of fused-ring (bicyclic) bond motifs is 1. The Morgan fingerprint density at radius 3 is 2.52 bits per heavy atom. The lowest BCUT2D eigenvalue weighted by Crippen LogP contribution is -2.33. The van der Waals surface area contributed by atoms with Gasteiger partial charge in [0.15, 0.2) is 5.69 Å². The number of pyridine rings is 1. The molecular weight excluding hydrogens is 372 g/mol. The van der Waals surface area contributed by atoms with Crippen molar-refractivity contribution in [1.82, 2.24) is 19.7 Å². The summed E-state index contributed by atoms with van der Waals surface area (Å²) in [6.45, 7) is 3.58. The number of aryl methyl sites for hydroxylation is 2. The quantitative estimate of drug-likeness (QED) is 0.787. The molecule has 0 bridgehead atoms. The van der Waals surface area contributed by atoms with Gasteiger partial charge in [0.1, 0.15) is 24.1 Å². The Bertz CT molecular complexity index is 809. The summed E-state index contributed by atoms with van der Waals surface area (Å²) < 4.78 is 19.3. The molecule has 2 aromatic rings. The third-order valence-electron chi connectivity index (χ3n) is 4.67. The molecule has 0 aromatic carbocycles. The summed E-state index contributed by atoms with van der Waals surface area (Å²) in [4.78, 5) is 18.6. The minimum absolute atomic E-state index is 0.193. The highest BCUT2D eigenvalue weighted by Crippen LogP contribution is 2.25. The number of likely N-dealkylation sites (tertiary alicyclic amines) is 1. The molecule has 0 radical (unpaired) electrons. The normalized spacial score (nSPS) is 23.1. The summed E-state index contributed by atoms with van der Waals surface area (Å²) in [6.07, 6.45) is 2.70. The monoisotopic (exact) mass is 392 g/mol. The van der Waals surface area contributed by atoms with Gasteiger partial charge < -0.3 is 19.1 Å². The van der Waals surface area contributed by atoms with Gasteiger partial charge in [-0.2, -0.15) is 5.10 Å². The summed E-state index contributed by atoms with van der Waals surface area (Å²) in [7, 11) is 1.73. The maximum atomic E-state index is 12.7. The minimum atomic E-state index is -0.213. The third-order valence-corrected chi connectivity index (χ3v) is 4.95. The van der Waals surface area contributed by atoms with Crippen molar-refractivity contribution >= 4 is 17.5 Å². The first-order valence-electron chi connectivity index (χ1n) is 8.80. The van der Waals surface area contributed by atoms with Gasteiger partial charge in [0.25, 0.3) is 5.91 Å². The zero-order chi connectivity index (χ0) is 19.0. The summed E-state index contributed by atoms with van der Waals surface area (Å²) in [5, 5.41) is 4.49. The van der Waals surface area contributed by atoms with Crippen LogP contribution in [0.4, 0.5) is 0 Å². The van der Waals surface area contributed by atoms with Crippen LogP contribution >= 0.6 is 11.6 Å². The molecule has 4 heterocycles. The van der Waals surface area contributed by atoms with Crippen molar-refractivity contribution in [3.8, 4) is 5.75 Å². The Balaban J connectivity index is 1.35. The van der Waals surface area contributed by atoms with Crippen LogP contribution in [0.25, 0.3) is 0 Å². The van der Waals surface area contributed by atoms with Gasteiger partial charge in [0.05, 0.1) is 24.4 Å². The average molecular weight is 393 g/mol. The molecule has 4 rings (SSSR count). The van der Waals surface area contributed by atoms with Gasteiger partial charge in [0, 0.05) is 32.0 Å². The molecule has 8 nitrogen and oxygen atoms in total. The first kappa shape index (κ1) is 18.2. The van der Waals surface area contributed by atoms with Crippen LogP contribution < -0.4 is 4.74 Å². The Labute approximate surface area is 162 Å². The van der Waals surface area contributed by atoms with Gasteiger partial charge in [0.2, 0.25) is 0 Å². The standard InChI is InChI=1S/C18H21ClN4O4/c1-11-3-4-12(5-20-11)27-13-9-25-15-7-23(8-16(15)26-10-13)18(24)17-14(19)6-22(2)21-17/h3-6,13,15-16H,7-10H2,1-2H3/t15-,16-/m0/s1. The van der Waals surface area contributed by atoms with Crippen molar-refractivity contribution in [1.29, 1.82) is 0 Å². The van der Waals surface area contributed by atoms with Gasteiger partial charge >= 0.3 is 0 Å². The molecule has 2 saturated heterocycles. The van der Waals surface area contributed by atoms with Gasteiger partial charge in [-0.3, -0.25) is 14.5 Å². The van der Waals surface area contributed by atoms with Crippen molar-refractivity contribution in [3.05, 3.63) is 40.9 Å². The van der Waals surface area contributed by atoms with E-state index < -0.39 is 0 Å². The predicted molar refractivity (Wildman–Crippen MR) is 97.0 cm³/mol. The molecule has 0 spiro atoms. The van der Waals surface area contributed by atoms with Gasteiger partial charge in [-0.1, -0.05) is 11.6 Å². The molecule has 2 aromatic heterocycles. The van der Waals surface area contributed by atoms with Crippen molar-refractivity contribution in [2.45, 2.75) is 25.2 Å². The number of carbonyl (C=O) groups excluding carboxylic acids is 1. The maximum absolute atomic E-state index is 12.7. The smallest absolute Gasteiger partial charge is 0.276 e. The molecule has 0 aliphatic carbocycles. The molecule has 1 amide bonds. The van der Waals surface area contributed by atoms with Crippen LogP contribution in [-0.4, -0.2) is 70.2 Å². The molecule has 9 heteroatoms. The van der Waals surface area contributed by atoms with E-state index in [1.165, 1.54) is 4.68 Å². The van der Waals surface area contributed by atoms with E-state index in [1.54, 1.807) is 24.3 Å². The van der Waals surface area contributed by atoms with Crippen LogP contribution in [0, 0.1) is 6.92 Å². The van der Waals surface area contributed by atoms with Gasteiger partial charge in [-0.25, -0.2) is 0 Å². The number of carbonyl (C=O) groups is 1. The minimum Gasteiger partial charge on any atom is -0.484 e. The van der Waals surface area contributed by atoms with Crippen LogP contribution in [0.1, 0.15) is 16.2 Å². The molecule has 144 valence electrons. The van der Waals surface area contributed by atoms with E-state index in [9.17, 15) is 4.79 Å². The Morgan fingerprint density at radius 2 is 1.96 bits per heavy atom. The molecular formula is C18H21ClN4O4. The highest BCUT2D eigenvalue weighted by atomic mass is 35.5. The number of hydrogen-bond donors (Lipinski definition) is 0. The lowest BCUT2D eigenvalue weighted by Gasteiger charge is -2.19. The van der Waals surface area contributed by atoms with Crippen LogP contribution in [0.2, 0.25) is 5.02 Å². The van der Waals surface area contributed by atoms with E-state index in [-0.39, 0.29) is 29.9 Å². The van der Waals surface area contributed by atoms with Gasteiger partial charge in [-0.05, 0) is 19.1 Å². The summed E-state index contributed by atoms with van der Waals surface area (Å²) in [6, 6.07) is 3.78. The molecule has 2 aliphatic rings. The fourth-order valence-electron chi connectivity index (χ4n) is 3.28. The first-order chi connectivity index (χ1) is 13.0. The average Bonchev–Trinajstić information content (AvgIpc) is 3.15. The highest BCUT2D eigenvalue weighted by Gasteiger charge is 2.40. The highest BCUT2D eigenvalue weighted by molar-refractivity contribution is 6.33. The summed E-state index contributed by atoms with van der Waals surface area (Å²) in [5.41, 5.74) is 1.19. The lowest BCUT2D eigenvalue weighted by molar-refractivity contribution is -0.00461. The van der Waals surface area contributed by atoms with E-state index in [0.29, 0.717) is 37.1 Å². The number of halogens is 1. The third kappa shape index (κ3) is 3.92. The second kappa shape index (κ2) is 7.46. The topological polar surface area (TPSA) is 78.7 Å². The van der Waals surface area contributed by atoms with E-state index in [0.717, 1.165) is 5.69 Å². The van der Waals surface area contributed by atoms with Crippen LogP contribution in [0.15, 0.2) is 24.5 Å². The SMILES string of the molecule is Cc1ccc(OC2CO[C@H]3CN(C(=O)c4nn(C)cc4Cl)C[C@@H]3OC2)cn1. The molecule has 2 atom stereocenters. The Morgan fingerprint density at radius 1 is 1.26 bits per heavy atom.